The summed E-state index contributed by atoms with van der Waals surface area (Å²) in [6.45, 7) is 2.97. The summed E-state index contributed by atoms with van der Waals surface area (Å²) in [5.41, 5.74) is 0. The number of hydrogen-bond donors (Lipinski definition) is 0. The van der Waals surface area contributed by atoms with Crippen LogP contribution in [0.4, 0.5) is 0 Å². The fourth-order valence-electron chi connectivity index (χ4n) is 1.62. The zero-order valence-corrected chi connectivity index (χ0v) is 8.52. The summed E-state index contributed by atoms with van der Waals surface area (Å²) in [5, 5.41) is 0. The first-order valence-corrected chi connectivity index (χ1v) is 5.22. The highest BCUT2D eigenvalue weighted by atomic mass is 35.5. The van der Waals surface area contributed by atoms with Gasteiger partial charge in [0, 0.05) is 25.1 Å². The minimum Gasteiger partial charge on any atom is -0.381 e. The SMILES string of the molecule is CN(CCCCl)C1CCOCC1. The zero-order chi connectivity index (χ0) is 8.81. The minimum absolute atomic E-state index is 0.724. The number of nitrogens with zero attached hydrogens (tertiary/aromatic N) is 1. The summed E-state index contributed by atoms with van der Waals surface area (Å²) in [4.78, 5) is 2.41. The molecule has 0 radical (unpaired) electrons. The van der Waals surface area contributed by atoms with Crippen molar-refractivity contribution >= 4 is 11.6 Å². The lowest BCUT2D eigenvalue weighted by atomic mass is 10.1. The minimum atomic E-state index is 0.724. The number of rotatable bonds is 4. The molecule has 1 aliphatic heterocycles. The second kappa shape index (κ2) is 5.79. The van der Waals surface area contributed by atoms with Gasteiger partial charge in [-0.05, 0) is 32.9 Å². The second-order valence-corrected chi connectivity index (χ2v) is 3.74. The molecule has 3 heteroatoms. The molecule has 2 nitrogen and oxygen atoms in total. The van der Waals surface area contributed by atoms with E-state index in [0.717, 1.165) is 38.1 Å². The molecule has 0 spiro atoms. The lowest BCUT2D eigenvalue weighted by Gasteiger charge is -2.30. The highest BCUT2D eigenvalue weighted by Crippen LogP contribution is 2.12. The molecule has 1 rings (SSSR count). The summed E-state index contributed by atoms with van der Waals surface area (Å²) >= 11 is 5.63. The van der Waals surface area contributed by atoms with Crippen LogP contribution in [0.25, 0.3) is 0 Å². The van der Waals surface area contributed by atoms with Gasteiger partial charge in [-0.2, -0.15) is 0 Å². The molecule has 1 fully saturated rings. The summed E-state index contributed by atoms with van der Waals surface area (Å²) in [6.07, 6.45) is 3.45. The molecular weight excluding hydrogens is 174 g/mol. The number of alkyl halides is 1. The zero-order valence-electron chi connectivity index (χ0n) is 7.76. The van der Waals surface area contributed by atoms with Crippen molar-refractivity contribution < 1.29 is 4.74 Å². The first kappa shape index (κ1) is 10.3. The first-order chi connectivity index (χ1) is 5.84. The molecule has 0 aromatic heterocycles. The van der Waals surface area contributed by atoms with Gasteiger partial charge in [0.1, 0.15) is 0 Å². The van der Waals surface area contributed by atoms with Gasteiger partial charge in [0.25, 0.3) is 0 Å². The predicted molar refractivity (Wildman–Crippen MR) is 51.8 cm³/mol. The molecule has 0 saturated carbocycles. The van der Waals surface area contributed by atoms with Crippen LogP contribution in [0.5, 0.6) is 0 Å². The average Bonchev–Trinajstić information content (AvgIpc) is 2.15. The summed E-state index contributed by atoms with van der Waals surface area (Å²) in [5.74, 6) is 0.771. The van der Waals surface area contributed by atoms with Crippen molar-refractivity contribution in [3.8, 4) is 0 Å². The molecule has 0 aliphatic carbocycles. The van der Waals surface area contributed by atoms with E-state index < -0.39 is 0 Å². The van der Waals surface area contributed by atoms with Crippen LogP contribution in [0, 0.1) is 0 Å². The smallest absolute Gasteiger partial charge is 0.0480 e. The Kier molecular flexibility index (Phi) is 4.96. The normalized spacial score (nSPS) is 20.2. The van der Waals surface area contributed by atoms with Crippen LogP contribution in [0.15, 0.2) is 0 Å². The molecule has 0 bridgehead atoms. The monoisotopic (exact) mass is 191 g/mol. The summed E-state index contributed by atoms with van der Waals surface area (Å²) < 4.78 is 5.30. The third-order valence-corrected chi connectivity index (χ3v) is 2.73. The second-order valence-electron chi connectivity index (χ2n) is 3.37. The molecule has 0 aromatic rings. The Morgan fingerprint density at radius 3 is 2.67 bits per heavy atom. The van der Waals surface area contributed by atoms with Gasteiger partial charge < -0.3 is 9.64 Å². The maximum absolute atomic E-state index is 5.63. The van der Waals surface area contributed by atoms with Crippen molar-refractivity contribution in [3.05, 3.63) is 0 Å². The summed E-state index contributed by atoms with van der Waals surface area (Å²) in [7, 11) is 2.18. The molecule has 72 valence electrons. The van der Waals surface area contributed by atoms with Crippen molar-refractivity contribution in [2.24, 2.45) is 0 Å². The Morgan fingerprint density at radius 1 is 1.42 bits per heavy atom. The number of hydrogen-bond acceptors (Lipinski definition) is 2. The molecule has 1 saturated heterocycles. The van der Waals surface area contributed by atoms with Crippen molar-refractivity contribution in [2.75, 3.05) is 32.7 Å². The van der Waals surface area contributed by atoms with E-state index in [-0.39, 0.29) is 0 Å². The van der Waals surface area contributed by atoms with Crippen molar-refractivity contribution in [1.82, 2.24) is 4.90 Å². The van der Waals surface area contributed by atoms with Crippen LogP contribution in [-0.4, -0.2) is 43.6 Å². The van der Waals surface area contributed by atoms with E-state index in [0.29, 0.717) is 0 Å². The number of ether oxygens (including phenoxy) is 1. The fourth-order valence-corrected chi connectivity index (χ4v) is 1.74. The van der Waals surface area contributed by atoms with Gasteiger partial charge in [-0.3, -0.25) is 0 Å². The molecule has 0 N–H and O–H groups in total. The third-order valence-electron chi connectivity index (χ3n) is 2.46. The van der Waals surface area contributed by atoms with Crippen LogP contribution in [-0.2, 0) is 4.74 Å². The lowest BCUT2D eigenvalue weighted by molar-refractivity contribution is 0.0432. The van der Waals surface area contributed by atoms with E-state index in [1.54, 1.807) is 0 Å². The quantitative estimate of drug-likeness (QED) is 0.628. The third kappa shape index (κ3) is 3.30. The Bertz CT molecular complexity index is 115. The highest BCUT2D eigenvalue weighted by molar-refractivity contribution is 6.17. The van der Waals surface area contributed by atoms with Gasteiger partial charge in [0.2, 0.25) is 0 Å². The van der Waals surface area contributed by atoms with Crippen LogP contribution < -0.4 is 0 Å². The largest absolute Gasteiger partial charge is 0.381 e. The Labute approximate surface area is 79.8 Å². The molecule has 0 atom stereocenters. The van der Waals surface area contributed by atoms with Crippen molar-refractivity contribution in [2.45, 2.75) is 25.3 Å². The molecule has 0 amide bonds. The van der Waals surface area contributed by atoms with Crippen LogP contribution in [0.1, 0.15) is 19.3 Å². The Hall–Kier alpha value is 0.210. The maximum atomic E-state index is 5.63. The highest BCUT2D eigenvalue weighted by Gasteiger charge is 2.17. The van der Waals surface area contributed by atoms with Gasteiger partial charge in [-0.25, -0.2) is 0 Å². The van der Waals surface area contributed by atoms with Gasteiger partial charge >= 0.3 is 0 Å². The average molecular weight is 192 g/mol. The summed E-state index contributed by atoms with van der Waals surface area (Å²) in [6, 6.07) is 0.724. The van der Waals surface area contributed by atoms with Gasteiger partial charge in [0.15, 0.2) is 0 Å². The predicted octanol–water partition coefficient (Wildman–Crippen LogP) is 1.73. The van der Waals surface area contributed by atoms with E-state index in [1.807, 2.05) is 0 Å². The maximum Gasteiger partial charge on any atom is 0.0480 e. The van der Waals surface area contributed by atoms with Gasteiger partial charge in [-0.15, -0.1) is 11.6 Å². The fraction of sp³-hybridized carbons (Fsp3) is 1.00. The molecule has 0 unspecified atom stereocenters. The Morgan fingerprint density at radius 2 is 2.08 bits per heavy atom. The van der Waals surface area contributed by atoms with Crippen molar-refractivity contribution in [1.29, 1.82) is 0 Å². The van der Waals surface area contributed by atoms with Crippen LogP contribution >= 0.6 is 11.6 Å². The standard InChI is InChI=1S/C9H18ClNO/c1-11(6-2-5-10)9-3-7-12-8-4-9/h9H,2-8H2,1H3. The Balaban J connectivity index is 2.15. The topological polar surface area (TPSA) is 12.5 Å². The van der Waals surface area contributed by atoms with Gasteiger partial charge in [0.05, 0.1) is 0 Å². The molecule has 0 aromatic carbocycles. The van der Waals surface area contributed by atoms with E-state index >= 15 is 0 Å². The molecule has 1 heterocycles. The van der Waals surface area contributed by atoms with E-state index in [2.05, 4.69) is 11.9 Å². The van der Waals surface area contributed by atoms with Crippen LogP contribution in [0.3, 0.4) is 0 Å². The van der Waals surface area contributed by atoms with Gasteiger partial charge in [-0.1, -0.05) is 0 Å². The molecule has 1 aliphatic rings. The molecule has 12 heavy (non-hydrogen) atoms. The van der Waals surface area contributed by atoms with Crippen molar-refractivity contribution in [3.63, 3.8) is 0 Å². The van der Waals surface area contributed by atoms with E-state index in [1.165, 1.54) is 12.8 Å². The van der Waals surface area contributed by atoms with E-state index in [4.69, 9.17) is 16.3 Å². The number of halogens is 1. The lowest BCUT2D eigenvalue weighted by Crippen LogP contribution is -2.37. The molecular formula is C9H18ClNO. The van der Waals surface area contributed by atoms with E-state index in [9.17, 15) is 0 Å². The van der Waals surface area contributed by atoms with Crippen LogP contribution in [0.2, 0.25) is 0 Å². The first-order valence-electron chi connectivity index (χ1n) is 4.68.